The first-order valence-corrected chi connectivity index (χ1v) is 14.3. The SMILES string of the molecule is Cc1cc(OCc2ccc(F)cc2F)c(Br)c(=O)[nH]1.N#Cc1ccccc1-n1ccc(OCc2ccccc2)c(Br)c1=O. The maximum Gasteiger partial charge on any atom is 0.273 e. The van der Waals surface area contributed by atoms with Crippen LogP contribution in [0.3, 0.4) is 0 Å². The topological polar surface area (TPSA) is 97.1 Å². The smallest absolute Gasteiger partial charge is 0.273 e. The molecule has 0 aliphatic heterocycles. The summed E-state index contributed by atoms with van der Waals surface area (Å²) in [6.45, 7) is 1.99. The van der Waals surface area contributed by atoms with E-state index in [4.69, 9.17) is 9.47 Å². The Morgan fingerprint density at radius 1 is 0.860 bits per heavy atom. The Morgan fingerprint density at radius 3 is 2.28 bits per heavy atom. The number of hydrogen-bond acceptors (Lipinski definition) is 5. The van der Waals surface area contributed by atoms with Crippen LogP contribution in [-0.2, 0) is 13.2 Å². The third-order valence-corrected chi connectivity index (χ3v) is 7.47. The molecule has 0 spiro atoms. The van der Waals surface area contributed by atoms with Crippen molar-refractivity contribution in [2.24, 2.45) is 0 Å². The van der Waals surface area contributed by atoms with E-state index < -0.39 is 11.6 Å². The van der Waals surface area contributed by atoms with Gasteiger partial charge in [0, 0.05) is 29.6 Å². The van der Waals surface area contributed by atoms with E-state index in [1.807, 2.05) is 30.3 Å². The number of rotatable bonds is 7. The van der Waals surface area contributed by atoms with E-state index >= 15 is 0 Å². The molecule has 0 radical (unpaired) electrons. The monoisotopic (exact) mass is 709 g/mol. The highest BCUT2D eigenvalue weighted by atomic mass is 79.9. The number of pyridine rings is 2. The van der Waals surface area contributed by atoms with Gasteiger partial charge in [0.15, 0.2) is 0 Å². The first-order valence-electron chi connectivity index (χ1n) is 12.7. The van der Waals surface area contributed by atoms with Crippen molar-refractivity contribution in [2.45, 2.75) is 20.1 Å². The van der Waals surface area contributed by atoms with Crippen molar-refractivity contribution in [3.05, 3.63) is 155 Å². The van der Waals surface area contributed by atoms with Crippen LogP contribution in [0.1, 0.15) is 22.4 Å². The molecule has 0 atom stereocenters. The van der Waals surface area contributed by atoms with E-state index in [0.717, 1.165) is 17.7 Å². The Labute approximate surface area is 262 Å². The van der Waals surface area contributed by atoms with Gasteiger partial charge >= 0.3 is 0 Å². The Hall–Kier alpha value is -4.53. The first-order chi connectivity index (χ1) is 20.7. The van der Waals surface area contributed by atoms with Crippen LogP contribution in [0, 0.1) is 29.9 Å². The number of nitrogens with zero attached hydrogens (tertiary/aromatic N) is 2. The third kappa shape index (κ3) is 8.06. The van der Waals surface area contributed by atoms with Gasteiger partial charge in [0.1, 0.15) is 51.4 Å². The molecule has 0 saturated carbocycles. The van der Waals surface area contributed by atoms with E-state index in [1.54, 1.807) is 49.5 Å². The zero-order valence-electron chi connectivity index (χ0n) is 22.6. The standard InChI is InChI=1S/C19H13BrN2O2.C13H10BrF2NO2/c20-18-17(24-13-14-6-2-1-3-7-14)10-11-22(19(18)23)16-9-5-4-8-15(16)12-21;1-7-4-11(12(14)13(18)17-7)19-6-8-2-3-9(15)5-10(8)16/h1-11H,13H2;2-5H,6H2,1H3,(H,17,18). The molecule has 0 unspecified atom stereocenters. The molecular formula is C32H23Br2F2N3O4. The summed E-state index contributed by atoms with van der Waals surface area (Å²) in [5, 5.41) is 9.20. The van der Waals surface area contributed by atoms with Crippen molar-refractivity contribution in [3.63, 3.8) is 0 Å². The second-order valence-corrected chi connectivity index (χ2v) is 10.6. The van der Waals surface area contributed by atoms with Crippen LogP contribution in [-0.4, -0.2) is 9.55 Å². The lowest BCUT2D eigenvalue weighted by atomic mass is 10.2. The number of nitriles is 1. The number of benzene rings is 3. The summed E-state index contributed by atoms with van der Waals surface area (Å²) in [6, 6.07) is 25.4. The summed E-state index contributed by atoms with van der Waals surface area (Å²) in [4.78, 5) is 26.7. The van der Waals surface area contributed by atoms with E-state index in [-0.39, 0.29) is 27.8 Å². The van der Waals surface area contributed by atoms with Crippen molar-refractivity contribution in [1.29, 1.82) is 5.26 Å². The lowest BCUT2D eigenvalue weighted by Gasteiger charge is -2.12. The molecule has 2 aromatic heterocycles. The Bertz CT molecular complexity index is 1900. The van der Waals surface area contributed by atoms with E-state index in [0.29, 0.717) is 39.5 Å². The highest BCUT2D eigenvalue weighted by Gasteiger charge is 2.13. The molecular weight excluding hydrogens is 688 g/mol. The summed E-state index contributed by atoms with van der Waals surface area (Å²) in [7, 11) is 0. The van der Waals surface area contributed by atoms with E-state index in [9.17, 15) is 23.6 Å². The van der Waals surface area contributed by atoms with Crippen molar-refractivity contribution >= 4 is 31.9 Å². The summed E-state index contributed by atoms with van der Waals surface area (Å²) < 4.78 is 39.3. The van der Waals surface area contributed by atoms with Crippen LogP contribution in [0.25, 0.3) is 5.69 Å². The minimum absolute atomic E-state index is 0.0897. The molecule has 0 fully saturated rings. The summed E-state index contributed by atoms with van der Waals surface area (Å²) in [6.07, 6.45) is 1.61. The van der Waals surface area contributed by atoms with Gasteiger partial charge in [-0.3, -0.25) is 14.2 Å². The van der Waals surface area contributed by atoms with Gasteiger partial charge in [-0.05, 0) is 74.7 Å². The van der Waals surface area contributed by atoms with E-state index in [1.165, 1.54) is 10.6 Å². The van der Waals surface area contributed by atoms with Gasteiger partial charge in [-0.25, -0.2) is 8.78 Å². The summed E-state index contributed by atoms with van der Waals surface area (Å²) in [5.74, 6) is -0.549. The molecule has 2 heterocycles. The van der Waals surface area contributed by atoms with Gasteiger partial charge in [-0.15, -0.1) is 0 Å². The largest absolute Gasteiger partial charge is 0.487 e. The summed E-state index contributed by atoms with van der Waals surface area (Å²) in [5.41, 5.74) is 2.24. The Morgan fingerprint density at radius 2 is 1.56 bits per heavy atom. The fourth-order valence-electron chi connectivity index (χ4n) is 3.85. The van der Waals surface area contributed by atoms with Crippen LogP contribution >= 0.6 is 31.9 Å². The minimum atomic E-state index is -0.683. The molecule has 0 amide bonds. The average Bonchev–Trinajstić information content (AvgIpc) is 3.00. The molecule has 5 rings (SSSR count). The molecule has 0 bridgehead atoms. The number of hydrogen-bond donors (Lipinski definition) is 1. The number of aromatic nitrogens is 2. The molecule has 0 aliphatic rings. The van der Waals surface area contributed by atoms with Gasteiger partial charge < -0.3 is 14.5 Å². The van der Waals surface area contributed by atoms with Crippen LogP contribution in [0.2, 0.25) is 0 Å². The van der Waals surface area contributed by atoms with Gasteiger partial charge in [-0.2, -0.15) is 5.26 Å². The third-order valence-electron chi connectivity index (χ3n) is 5.99. The molecule has 7 nitrogen and oxygen atoms in total. The van der Waals surface area contributed by atoms with Gasteiger partial charge in [0.25, 0.3) is 11.1 Å². The van der Waals surface area contributed by atoms with Crippen LogP contribution < -0.4 is 20.6 Å². The second kappa shape index (κ2) is 14.6. The minimum Gasteiger partial charge on any atom is -0.487 e. The summed E-state index contributed by atoms with van der Waals surface area (Å²) >= 11 is 6.40. The number of aryl methyl sites for hydroxylation is 1. The lowest BCUT2D eigenvalue weighted by molar-refractivity contribution is 0.296. The fourth-order valence-corrected chi connectivity index (χ4v) is 4.62. The molecule has 11 heteroatoms. The number of para-hydroxylation sites is 1. The first kappa shape index (κ1) is 31.4. The van der Waals surface area contributed by atoms with Gasteiger partial charge in [-0.1, -0.05) is 42.5 Å². The average molecular weight is 711 g/mol. The van der Waals surface area contributed by atoms with E-state index in [2.05, 4.69) is 42.9 Å². The molecule has 218 valence electrons. The maximum absolute atomic E-state index is 13.4. The maximum atomic E-state index is 13.4. The van der Waals surface area contributed by atoms with Crippen molar-refractivity contribution in [3.8, 4) is 23.3 Å². The Kier molecular flexibility index (Phi) is 10.6. The highest BCUT2D eigenvalue weighted by Crippen LogP contribution is 2.24. The number of aromatic amines is 1. The predicted molar refractivity (Wildman–Crippen MR) is 165 cm³/mol. The van der Waals surface area contributed by atoms with Gasteiger partial charge in [0.2, 0.25) is 0 Å². The quantitative estimate of drug-likeness (QED) is 0.191. The van der Waals surface area contributed by atoms with Crippen molar-refractivity contribution in [1.82, 2.24) is 9.55 Å². The zero-order valence-corrected chi connectivity index (χ0v) is 25.8. The number of H-pyrrole nitrogens is 1. The van der Waals surface area contributed by atoms with Crippen molar-refractivity contribution in [2.75, 3.05) is 0 Å². The zero-order chi connectivity index (χ0) is 30.9. The highest BCUT2D eigenvalue weighted by molar-refractivity contribution is 9.10. The molecule has 5 aromatic rings. The molecule has 43 heavy (non-hydrogen) atoms. The molecule has 0 aliphatic carbocycles. The molecule has 3 aromatic carbocycles. The number of ether oxygens (including phenoxy) is 2. The number of halogens is 4. The van der Waals surface area contributed by atoms with Crippen molar-refractivity contribution < 1.29 is 18.3 Å². The molecule has 0 saturated heterocycles. The number of nitrogens with one attached hydrogen (secondary N) is 1. The van der Waals surface area contributed by atoms with Gasteiger partial charge in [0.05, 0.1) is 11.3 Å². The van der Waals surface area contributed by atoms with Crippen LogP contribution in [0.15, 0.2) is 110 Å². The lowest BCUT2D eigenvalue weighted by Crippen LogP contribution is -2.19. The normalized spacial score (nSPS) is 10.3. The molecule has 1 N–H and O–H groups in total. The second-order valence-electron chi connectivity index (χ2n) is 9.06. The fraction of sp³-hybridized carbons (Fsp3) is 0.0938. The Balaban J connectivity index is 0.000000203. The van der Waals surface area contributed by atoms with Crippen LogP contribution in [0.5, 0.6) is 11.5 Å². The predicted octanol–water partition coefficient (Wildman–Crippen LogP) is 7.35. The van der Waals surface area contributed by atoms with Crippen LogP contribution in [0.4, 0.5) is 8.78 Å².